The van der Waals surface area contributed by atoms with Gasteiger partial charge in [-0.2, -0.15) is 14.6 Å². The second kappa shape index (κ2) is 6.71. The van der Waals surface area contributed by atoms with Crippen molar-refractivity contribution in [3.05, 3.63) is 48.8 Å². The molecule has 4 aromatic rings. The predicted octanol–water partition coefficient (Wildman–Crippen LogP) is 2.41. The molecule has 132 valence electrons. The number of nitrogens with zero attached hydrogens (tertiary/aromatic N) is 5. The number of aromatic nitrogens is 5. The van der Waals surface area contributed by atoms with Crippen molar-refractivity contribution in [2.75, 3.05) is 19.5 Å². The van der Waals surface area contributed by atoms with E-state index in [2.05, 4.69) is 25.4 Å². The van der Waals surface area contributed by atoms with E-state index >= 15 is 0 Å². The third-order valence-corrected chi connectivity index (χ3v) is 3.82. The molecule has 9 heteroatoms. The van der Waals surface area contributed by atoms with Crippen LogP contribution in [0.15, 0.2) is 47.5 Å². The Morgan fingerprint density at radius 1 is 1.12 bits per heavy atom. The maximum absolute atomic E-state index is 5.36. The smallest absolute Gasteiger partial charge is 0.319 e. The number of anilines is 1. The number of nitrogens with one attached hydrogen (secondary N) is 1. The van der Waals surface area contributed by atoms with Crippen molar-refractivity contribution in [2.45, 2.75) is 6.54 Å². The van der Waals surface area contributed by atoms with E-state index < -0.39 is 0 Å². The summed E-state index contributed by atoms with van der Waals surface area (Å²) in [5.41, 5.74) is 2.09. The lowest BCUT2D eigenvalue weighted by atomic mass is 10.2. The van der Waals surface area contributed by atoms with E-state index in [0.717, 1.165) is 17.1 Å². The molecule has 1 N–H and O–H groups in total. The highest BCUT2D eigenvalue weighted by Crippen LogP contribution is 2.31. The molecule has 0 aromatic carbocycles. The van der Waals surface area contributed by atoms with Crippen LogP contribution in [0, 0.1) is 0 Å². The van der Waals surface area contributed by atoms with Crippen molar-refractivity contribution < 1.29 is 13.9 Å². The predicted molar refractivity (Wildman–Crippen MR) is 93.2 cm³/mol. The summed E-state index contributed by atoms with van der Waals surface area (Å²) in [4.78, 5) is 12.8. The van der Waals surface area contributed by atoms with Crippen molar-refractivity contribution >= 4 is 11.5 Å². The summed E-state index contributed by atoms with van der Waals surface area (Å²) in [6.07, 6.45) is 6.68. The van der Waals surface area contributed by atoms with Crippen LogP contribution in [0.25, 0.3) is 16.8 Å². The van der Waals surface area contributed by atoms with Gasteiger partial charge in [0, 0.05) is 12.4 Å². The molecule has 0 saturated carbocycles. The van der Waals surface area contributed by atoms with E-state index in [1.807, 2.05) is 18.2 Å². The third kappa shape index (κ3) is 2.79. The van der Waals surface area contributed by atoms with Gasteiger partial charge in [0.1, 0.15) is 11.6 Å². The minimum atomic E-state index is 0.232. The highest BCUT2D eigenvalue weighted by molar-refractivity contribution is 5.80. The first-order chi connectivity index (χ1) is 12.8. The Kier molecular flexibility index (Phi) is 4.10. The van der Waals surface area contributed by atoms with Crippen molar-refractivity contribution in [1.29, 1.82) is 0 Å². The van der Waals surface area contributed by atoms with Gasteiger partial charge < -0.3 is 19.2 Å². The van der Waals surface area contributed by atoms with Gasteiger partial charge in [0.15, 0.2) is 5.65 Å². The number of ether oxygens (including phenoxy) is 2. The van der Waals surface area contributed by atoms with Gasteiger partial charge in [-0.25, -0.2) is 9.97 Å². The van der Waals surface area contributed by atoms with Crippen LogP contribution in [0.3, 0.4) is 0 Å². The van der Waals surface area contributed by atoms with Crippen molar-refractivity contribution in [3.63, 3.8) is 0 Å². The van der Waals surface area contributed by atoms with E-state index in [9.17, 15) is 0 Å². The molecule has 4 aromatic heterocycles. The third-order valence-electron chi connectivity index (χ3n) is 3.82. The second-order valence-corrected chi connectivity index (χ2v) is 5.34. The Labute approximate surface area is 148 Å². The molecule has 0 unspecified atom stereocenters. The lowest BCUT2D eigenvalue weighted by molar-refractivity contribution is 0.353. The molecular formula is C17H16N6O3. The quantitative estimate of drug-likeness (QED) is 0.565. The zero-order chi connectivity index (χ0) is 17.9. The van der Waals surface area contributed by atoms with E-state index in [1.54, 1.807) is 36.5 Å². The van der Waals surface area contributed by atoms with E-state index in [0.29, 0.717) is 23.6 Å². The summed E-state index contributed by atoms with van der Waals surface area (Å²) in [6.45, 7) is 0.538. The molecular weight excluding hydrogens is 336 g/mol. The molecule has 0 fully saturated rings. The van der Waals surface area contributed by atoms with Gasteiger partial charge >= 0.3 is 6.01 Å². The zero-order valence-corrected chi connectivity index (χ0v) is 14.2. The molecule has 4 rings (SSSR count). The van der Waals surface area contributed by atoms with Gasteiger partial charge in [0.05, 0.1) is 44.4 Å². The molecule has 9 nitrogen and oxygen atoms in total. The SMILES string of the molecule is COc1ncc(-c2cnn3c(NCc4ccco4)ccnc23)c(OC)n1. The van der Waals surface area contributed by atoms with Crippen molar-refractivity contribution in [2.24, 2.45) is 0 Å². The molecule has 0 saturated heterocycles. The van der Waals surface area contributed by atoms with Crippen LogP contribution in [0.2, 0.25) is 0 Å². The maximum atomic E-state index is 5.36. The van der Waals surface area contributed by atoms with E-state index in [1.165, 1.54) is 7.11 Å². The molecule has 4 heterocycles. The van der Waals surface area contributed by atoms with Gasteiger partial charge in [-0.3, -0.25) is 0 Å². The Morgan fingerprint density at radius 2 is 2.04 bits per heavy atom. The Balaban J connectivity index is 1.73. The number of hydrogen-bond acceptors (Lipinski definition) is 8. The van der Waals surface area contributed by atoms with E-state index in [4.69, 9.17) is 13.9 Å². The highest BCUT2D eigenvalue weighted by Gasteiger charge is 2.17. The van der Waals surface area contributed by atoms with Crippen molar-refractivity contribution in [1.82, 2.24) is 24.6 Å². The first kappa shape index (κ1) is 15.9. The minimum Gasteiger partial charge on any atom is -0.480 e. The second-order valence-electron chi connectivity index (χ2n) is 5.34. The van der Waals surface area contributed by atoms with Crippen LogP contribution in [-0.4, -0.2) is 38.8 Å². The molecule has 26 heavy (non-hydrogen) atoms. The van der Waals surface area contributed by atoms with Gasteiger partial charge in [0.2, 0.25) is 5.88 Å². The van der Waals surface area contributed by atoms with Crippen molar-refractivity contribution in [3.8, 4) is 23.0 Å². The summed E-state index contributed by atoms with van der Waals surface area (Å²) in [5.74, 6) is 2.00. The summed E-state index contributed by atoms with van der Waals surface area (Å²) in [6, 6.07) is 5.82. The van der Waals surface area contributed by atoms with E-state index in [-0.39, 0.29) is 6.01 Å². The first-order valence-electron chi connectivity index (χ1n) is 7.84. The summed E-state index contributed by atoms with van der Waals surface area (Å²) < 4.78 is 17.5. The topological polar surface area (TPSA) is 99.6 Å². The number of rotatable bonds is 6. The number of methoxy groups -OCH3 is 2. The lowest BCUT2D eigenvalue weighted by Crippen LogP contribution is -2.05. The summed E-state index contributed by atoms with van der Waals surface area (Å²) in [5, 5.41) is 7.72. The molecule has 0 spiro atoms. The highest BCUT2D eigenvalue weighted by atomic mass is 16.5. The average Bonchev–Trinajstić information content (AvgIpc) is 3.35. The fourth-order valence-electron chi connectivity index (χ4n) is 2.60. The molecule has 0 atom stereocenters. The minimum absolute atomic E-state index is 0.232. The molecule has 0 aliphatic heterocycles. The fourth-order valence-corrected chi connectivity index (χ4v) is 2.60. The van der Waals surface area contributed by atoms with Gasteiger partial charge in [-0.1, -0.05) is 0 Å². The summed E-state index contributed by atoms with van der Waals surface area (Å²) >= 11 is 0. The standard InChI is InChI=1S/C17H16N6O3/c1-24-16-13(9-20-17(22-16)25-2)12-10-21-23-14(5-6-18-15(12)23)19-8-11-4-3-7-26-11/h3-7,9-10,19H,8H2,1-2H3. The summed E-state index contributed by atoms with van der Waals surface area (Å²) in [7, 11) is 3.04. The van der Waals surface area contributed by atoms with Crippen LogP contribution in [0.1, 0.15) is 5.76 Å². The normalized spacial score (nSPS) is 10.8. The molecule has 0 radical (unpaired) electrons. The maximum Gasteiger partial charge on any atom is 0.319 e. The Morgan fingerprint density at radius 3 is 2.81 bits per heavy atom. The monoisotopic (exact) mass is 352 g/mol. The zero-order valence-electron chi connectivity index (χ0n) is 14.2. The molecule has 0 bridgehead atoms. The molecule has 0 aliphatic carbocycles. The van der Waals surface area contributed by atoms with Crippen LogP contribution < -0.4 is 14.8 Å². The van der Waals surface area contributed by atoms with Gasteiger partial charge in [-0.05, 0) is 18.2 Å². The van der Waals surface area contributed by atoms with Gasteiger partial charge in [0.25, 0.3) is 0 Å². The van der Waals surface area contributed by atoms with Crippen LogP contribution in [-0.2, 0) is 6.54 Å². The Bertz CT molecular complexity index is 1030. The van der Waals surface area contributed by atoms with Crippen LogP contribution in [0.4, 0.5) is 5.82 Å². The van der Waals surface area contributed by atoms with Crippen LogP contribution >= 0.6 is 0 Å². The molecule has 0 amide bonds. The lowest BCUT2D eigenvalue weighted by Gasteiger charge is -2.08. The number of furan rings is 1. The largest absolute Gasteiger partial charge is 0.480 e. The number of hydrogen-bond donors (Lipinski definition) is 1. The fraction of sp³-hybridized carbons (Fsp3) is 0.176. The Hall–Kier alpha value is -3.62. The molecule has 0 aliphatic rings. The van der Waals surface area contributed by atoms with Crippen LogP contribution in [0.5, 0.6) is 11.9 Å². The van der Waals surface area contributed by atoms with Gasteiger partial charge in [-0.15, -0.1) is 0 Å². The number of fused-ring (bicyclic) bond motifs is 1. The average molecular weight is 352 g/mol. The first-order valence-corrected chi connectivity index (χ1v) is 7.84.